The number of hydrogen-bond donors (Lipinski definition) is 0. The molecule has 0 radical (unpaired) electrons. The third kappa shape index (κ3) is 4.41. The summed E-state index contributed by atoms with van der Waals surface area (Å²) in [7, 11) is 3.51. The molecule has 1 aliphatic rings. The lowest BCUT2D eigenvalue weighted by Crippen LogP contribution is -2.43. The lowest BCUT2D eigenvalue weighted by molar-refractivity contribution is -0.136. The summed E-state index contributed by atoms with van der Waals surface area (Å²) >= 11 is 0. The molecule has 1 aliphatic carbocycles. The fourth-order valence-corrected chi connectivity index (χ4v) is 3.36. The van der Waals surface area contributed by atoms with Crippen LogP contribution in [-0.4, -0.2) is 42.9 Å². The highest BCUT2D eigenvalue weighted by molar-refractivity contribution is 5.98. The van der Waals surface area contributed by atoms with Gasteiger partial charge >= 0.3 is 0 Å². The van der Waals surface area contributed by atoms with Crippen molar-refractivity contribution in [1.29, 1.82) is 0 Å². The molecule has 1 aromatic carbocycles. The van der Waals surface area contributed by atoms with Gasteiger partial charge in [0.25, 0.3) is 0 Å². The first-order chi connectivity index (χ1) is 11.4. The predicted molar refractivity (Wildman–Crippen MR) is 90.3 cm³/mol. The zero-order chi connectivity index (χ0) is 17.7. The van der Waals surface area contributed by atoms with Crippen LogP contribution >= 0.6 is 0 Å². The van der Waals surface area contributed by atoms with Gasteiger partial charge in [0, 0.05) is 32.5 Å². The molecular weight excluding hydrogens is 309 g/mol. The largest absolute Gasteiger partial charge is 0.381 e. The van der Waals surface area contributed by atoms with E-state index < -0.39 is 11.7 Å². The molecule has 1 saturated carbocycles. The second-order valence-electron chi connectivity index (χ2n) is 6.62. The van der Waals surface area contributed by atoms with E-state index in [0.29, 0.717) is 0 Å². The van der Waals surface area contributed by atoms with E-state index in [9.17, 15) is 14.0 Å². The number of amides is 1. The van der Waals surface area contributed by atoms with Gasteiger partial charge < -0.3 is 9.64 Å². The molecule has 0 saturated heterocycles. The third-order valence-electron chi connectivity index (χ3n) is 4.96. The van der Waals surface area contributed by atoms with E-state index in [1.165, 1.54) is 12.1 Å². The number of nitrogens with zero attached hydrogens (tertiary/aromatic N) is 1. The SMILES string of the molecule is COC1CCC(N(C)C(=O)[C@H](C)CC(=O)c2ccccc2F)CC1. The van der Waals surface area contributed by atoms with E-state index in [-0.39, 0.29) is 35.8 Å². The van der Waals surface area contributed by atoms with Crippen molar-refractivity contribution in [1.82, 2.24) is 4.90 Å². The standard InChI is InChI=1S/C19H26FNO3/c1-13(12-18(22)16-6-4-5-7-17(16)20)19(23)21(2)14-8-10-15(24-3)11-9-14/h4-7,13-15H,8-12H2,1-3H3/t13-,14?,15?/m1/s1. The molecule has 1 aromatic rings. The van der Waals surface area contributed by atoms with Gasteiger partial charge in [0.2, 0.25) is 5.91 Å². The van der Waals surface area contributed by atoms with E-state index in [2.05, 4.69) is 0 Å². The molecule has 0 aliphatic heterocycles. The third-order valence-corrected chi connectivity index (χ3v) is 4.96. The van der Waals surface area contributed by atoms with Crippen molar-refractivity contribution in [2.45, 2.75) is 51.2 Å². The lowest BCUT2D eigenvalue weighted by atomic mass is 9.90. The molecule has 1 fully saturated rings. The van der Waals surface area contributed by atoms with E-state index >= 15 is 0 Å². The molecule has 1 atom stereocenters. The number of ketones is 1. The molecule has 0 unspecified atom stereocenters. The monoisotopic (exact) mass is 335 g/mol. The fourth-order valence-electron chi connectivity index (χ4n) is 3.36. The van der Waals surface area contributed by atoms with Crippen LogP contribution in [0.15, 0.2) is 24.3 Å². The fraction of sp³-hybridized carbons (Fsp3) is 0.579. The number of ether oxygens (including phenoxy) is 1. The van der Waals surface area contributed by atoms with Gasteiger partial charge in [-0.3, -0.25) is 9.59 Å². The van der Waals surface area contributed by atoms with Crippen LogP contribution in [0.3, 0.4) is 0 Å². The van der Waals surface area contributed by atoms with Gasteiger partial charge in [-0.15, -0.1) is 0 Å². The topological polar surface area (TPSA) is 46.6 Å². The Hall–Kier alpha value is -1.75. The molecule has 0 aromatic heterocycles. The van der Waals surface area contributed by atoms with E-state index in [1.807, 2.05) is 0 Å². The zero-order valence-corrected chi connectivity index (χ0v) is 14.6. The number of methoxy groups -OCH3 is 1. The number of Topliss-reactive ketones (excluding diaryl/α,β-unsaturated/α-hetero) is 1. The van der Waals surface area contributed by atoms with Crippen molar-refractivity contribution in [2.75, 3.05) is 14.2 Å². The maximum Gasteiger partial charge on any atom is 0.225 e. The highest BCUT2D eigenvalue weighted by Crippen LogP contribution is 2.25. The van der Waals surface area contributed by atoms with Crippen LogP contribution in [0, 0.1) is 11.7 Å². The highest BCUT2D eigenvalue weighted by Gasteiger charge is 2.29. The van der Waals surface area contributed by atoms with Crippen molar-refractivity contribution in [3.8, 4) is 0 Å². The minimum Gasteiger partial charge on any atom is -0.381 e. The van der Waals surface area contributed by atoms with Crippen molar-refractivity contribution < 1.29 is 18.7 Å². The maximum absolute atomic E-state index is 13.7. The number of carbonyl (C=O) groups is 2. The van der Waals surface area contributed by atoms with Gasteiger partial charge in [-0.05, 0) is 37.8 Å². The smallest absolute Gasteiger partial charge is 0.225 e. The molecule has 4 nitrogen and oxygen atoms in total. The van der Waals surface area contributed by atoms with Gasteiger partial charge in [0.1, 0.15) is 5.82 Å². The van der Waals surface area contributed by atoms with E-state index in [4.69, 9.17) is 4.74 Å². The molecule has 5 heteroatoms. The van der Waals surface area contributed by atoms with Crippen molar-refractivity contribution in [3.63, 3.8) is 0 Å². The van der Waals surface area contributed by atoms with Gasteiger partial charge in [-0.1, -0.05) is 19.1 Å². The molecule has 132 valence electrons. The summed E-state index contributed by atoms with van der Waals surface area (Å²) < 4.78 is 19.0. The summed E-state index contributed by atoms with van der Waals surface area (Å²) in [6.07, 6.45) is 4.02. The van der Waals surface area contributed by atoms with Gasteiger partial charge in [-0.2, -0.15) is 0 Å². The summed E-state index contributed by atoms with van der Waals surface area (Å²) in [6, 6.07) is 6.09. The summed E-state index contributed by atoms with van der Waals surface area (Å²) in [5, 5.41) is 0. The van der Waals surface area contributed by atoms with E-state index in [1.54, 1.807) is 38.1 Å². The first-order valence-electron chi connectivity index (χ1n) is 8.51. The van der Waals surface area contributed by atoms with Gasteiger partial charge in [-0.25, -0.2) is 4.39 Å². The van der Waals surface area contributed by atoms with Gasteiger partial charge in [0.15, 0.2) is 5.78 Å². The summed E-state index contributed by atoms with van der Waals surface area (Å²) in [5.74, 6) is -1.37. The number of carbonyl (C=O) groups excluding carboxylic acids is 2. The van der Waals surface area contributed by atoms with Crippen molar-refractivity contribution in [3.05, 3.63) is 35.6 Å². The summed E-state index contributed by atoms with van der Waals surface area (Å²) in [5.41, 5.74) is 0.0559. The minimum absolute atomic E-state index is 0.0253. The number of halogens is 1. The van der Waals surface area contributed by atoms with E-state index in [0.717, 1.165) is 25.7 Å². The molecule has 0 spiro atoms. The first kappa shape index (κ1) is 18.6. The summed E-state index contributed by atoms with van der Waals surface area (Å²) in [4.78, 5) is 26.6. The van der Waals surface area contributed by atoms with Crippen LogP contribution in [0.25, 0.3) is 0 Å². The second kappa shape index (κ2) is 8.38. The van der Waals surface area contributed by atoms with Crippen LogP contribution in [-0.2, 0) is 9.53 Å². The zero-order valence-electron chi connectivity index (χ0n) is 14.6. The first-order valence-corrected chi connectivity index (χ1v) is 8.51. The second-order valence-corrected chi connectivity index (χ2v) is 6.62. The Morgan fingerprint density at radius 3 is 2.46 bits per heavy atom. The number of rotatable bonds is 6. The van der Waals surface area contributed by atoms with Crippen LogP contribution in [0.5, 0.6) is 0 Å². The quantitative estimate of drug-likeness (QED) is 0.748. The van der Waals surface area contributed by atoms with Crippen LogP contribution in [0.1, 0.15) is 49.4 Å². The summed E-state index contributed by atoms with van der Waals surface area (Å²) in [6.45, 7) is 1.73. The minimum atomic E-state index is -0.534. The predicted octanol–water partition coefficient (Wildman–Crippen LogP) is 3.45. The molecule has 0 bridgehead atoms. The maximum atomic E-state index is 13.7. The molecule has 24 heavy (non-hydrogen) atoms. The molecule has 1 amide bonds. The average Bonchev–Trinajstić information content (AvgIpc) is 2.60. The van der Waals surface area contributed by atoms with Crippen LogP contribution in [0.4, 0.5) is 4.39 Å². The average molecular weight is 335 g/mol. The molecule has 0 N–H and O–H groups in total. The Labute approximate surface area is 143 Å². The van der Waals surface area contributed by atoms with Crippen molar-refractivity contribution >= 4 is 11.7 Å². The van der Waals surface area contributed by atoms with Crippen LogP contribution in [0.2, 0.25) is 0 Å². The normalized spacial score (nSPS) is 22.0. The Morgan fingerprint density at radius 2 is 1.88 bits per heavy atom. The van der Waals surface area contributed by atoms with Crippen molar-refractivity contribution in [2.24, 2.45) is 5.92 Å². The Morgan fingerprint density at radius 1 is 1.25 bits per heavy atom. The molecular formula is C19H26FNO3. The van der Waals surface area contributed by atoms with Gasteiger partial charge in [0.05, 0.1) is 11.7 Å². The number of benzene rings is 1. The van der Waals surface area contributed by atoms with Crippen LogP contribution < -0.4 is 0 Å². The Bertz CT molecular complexity index is 582. The molecule has 0 heterocycles. The Kier molecular flexibility index (Phi) is 6.49. The Balaban J connectivity index is 1.92. The highest BCUT2D eigenvalue weighted by atomic mass is 19.1. The lowest BCUT2D eigenvalue weighted by Gasteiger charge is -2.35. The molecule has 2 rings (SSSR count). The number of hydrogen-bond acceptors (Lipinski definition) is 3.